The Morgan fingerprint density at radius 1 is 1.22 bits per heavy atom. The van der Waals surface area contributed by atoms with E-state index in [9.17, 15) is 0 Å². The molecule has 1 aliphatic rings. The van der Waals surface area contributed by atoms with Crippen molar-refractivity contribution in [3.8, 4) is 0 Å². The van der Waals surface area contributed by atoms with Crippen LogP contribution in [-0.4, -0.2) is 33.0 Å². The fourth-order valence-electron chi connectivity index (χ4n) is 2.49. The van der Waals surface area contributed by atoms with E-state index in [2.05, 4.69) is 18.2 Å². The molecule has 0 aromatic heterocycles. The number of rotatable bonds is 7. The smallest absolute Gasteiger partial charge is 0.0701 e. The molecule has 0 saturated carbocycles. The highest BCUT2D eigenvalue weighted by Gasteiger charge is 2.12. The predicted molar refractivity (Wildman–Crippen MR) is 72.8 cm³/mol. The van der Waals surface area contributed by atoms with E-state index in [-0.39, 0.29) is 6.04 Å². The van der Waals surface area contributed by atoms with Gasteiger partial charge in [-0.3, -0.25) is 0 Å². The van der Waals surface area contributed by atoms with Gasteiger partial charge in [-0.15, -0.1) is 0 Å². The first-order chi connectivity index (χ1) is 8.79. The van der Waals surface area contributed by atoms with Gasteiger partial charge in [0.1, 0.15) is 0 Å². The lowest BCUT2D eigenvalue weighted by atomic mass is 10.0. The number of nitrogens with two attached hydrogens (primary N) is 1. The summed E-state index contributed by atoms with van der Waals surface area (Å²) in [5, 5.41) is 0. The third-order valence-electron chi connectivity index (χ3n) is 3.42. The molecule has 0 bridgehead atoms. The molecule has 1 unspecified atom stereocenters. The molecule has 100 valence electrons. The molecule has 3 nitrogen and oxygen atoms in total. The highest BCUT2D eigenvalue weighted by atomic mass is 16.5. The third-order valence-corrected chi connectivity index (χ3v) is 3.42. The number of methoxy groups -OCH3 is 1. The summed E-state index contributed by atoms with van der Waals surface area (Å²) in [6.45, 7) is 1.85. The summed E-state index contributed by atoms with van der Waals surface area (Å²) in [4.78, 5) is 0. The van der Waals surface area contributed by atoms with Crippen LogP contribution in [0, 0.1) is 0 Å². The maximum atomic E-state index is 6.07. The first-order valence-electron chi connectivity index (χ1n) is 6.72. The summed E-state index contributed by atoms with van der Waals surface area (Å²) in [7, 11) is 1.67. The van der Waals surface area contributed by atoms with Gasteiger partial charge in [-0.05, 0) is 42.4 Å². The Balaban J connectivity index is 1.78. The summed E-state index contributed by atoms with van der Waals surface area (Å²) in [6.07, 6.45) is 4.65. The van der Waals surface area contributed by atoms with Gasteiger partial charge in [0.15, 0.2) is 0 Å². The molecule has 1 aromatic rings. The average molecular weight is 249 g/mol. The zero-order valence-corrected chi connectivity index (χ0v) is 11.2. The maximum absolute atomic E-state index is 6.07. The van der Waals surface area contributed by atoms with Crippen LogP contribution in [0.2, 0.25) is 0 Å². The molecule has 2 rings (SSSR count). The molecule has 1 atom stereocenters. The van der Waals surface area contributed by atoms with Gasteiger partial charge in [-0.25, -0.2) is 0 Å². The number of hydrogen-bond donors (Lipinski definition) is 1. The highest BCUT2D eigenvalue weighted by Crippen LogP contribution is 2.23. The van der Waals surface area contributed by atoms with Gasteiger partial charge in [0, 0.05) is 13.2 Å². The van der Waals surface area contributed by atoms with Crippen molar-refractivity contribution in [3.05, 3.63) is 34.9 Å². The van der Waals surface area contributed by atoms with Crippen LogP contribution in [0.15, 0.2) is 18.2 Å². The van der Waals surface area contributed by atoms with Crippen molar-refractivity contribution >= 4 is 0 Å². The molecule has 3 heteroatoms. The van der Waals surface area contributed by atoms with Gasteiger partial charge in [0.25, 0.3) is 0 Å². The van der Waals surface area contributed by atoms with Gasteiger partial charge in [-0.2, -0.15) is 0 Å². The lowest BCUT2D eigenvalue weighted by Crippen LogP contribution is -2.29. The van der Waals surface area contributed by atoms with Crippen LogP contribution in [0.4, 0.5) is 0 Å². The summed E-state index contributed by atoms with van der Waals surface area (Å²) >= 11 is 0. The fraction of sp³-hybridized carbons (Fsp3) is 0.600. The fourth-order valence-corrected chi connectivity index (χ4v) is 2.49. The minimum Gasteiger partial charge on any atom is -0.382 e. The Bertz CT molecular complexity index is 379. The van der Waals surface area contributed by atoms with Crippen LogP contribution in [0.5, 0.6) is 0 Å². The van der Waals surface area contributed by atoms with Crippen LogP contribution in [0.25, 0.3) is 0 Å². The molecule has 2 N–H and O–H groups in total. The molecular weight excluding hydrogens is 226 g/mol. The Morgan fingerprint density at radius 3 is 2.89 bits per heavy atom. The largest absolute Gasteiger partial charge is 0.382 e. The van der Waals surface area contributed by atoms with Crippen molar-refractivity contribution in [2.24, 2.45) is 5.73 Å². The van der Waals surface area contributed by atoms with Gasteiger partial charge < -0.3 is 15.2 Å². The molecule has 1 aromatic carbocycles. The first kappa shape index (κ1) is 13.5. The number of aryl methyl sites for hydroxylation is 2. The zero-order chi connectivity index (χ0) is 12.8. The van der Waals surface area contributed by atoms with Crippen molar-refractivity contribution in [1.29, 1.82) is 0 Å². The summed E-state index contributed by atoms with van der Waals surface area (Å²) < 4.78 is 10.4. The van der Waals surface area contributed by atoms with Crippen LogP contribution < -0.4 is 5.73 Å². The van der Waals surface area contributed by atoms with E-state index in [0.29, 0.717) is 19.8 Å². The lowest BCUT2D eigenvalue weighted by Gasteiger charge is -2.13. The Hall–Kier alpha value is -0.900. The van der Waals surface area contributed by atoms with Gasteiger partial charge in [-0.1, -0.05) is 18.2 Å². The van der Waals surface area contributed by atoms with Gasteiger partial charge >= 0.3 is 0 Å². The molecule has 0 aliphatic heterocycles. The highest BCUT2D eigenvalue weighted by molar-refractivity contribution is 5.35. The van der Waals surface area contributed by atoms with E-state index in [0.717, 1.165) is 6.42 Å². The molecule has 0 radical (unpaired) electrons. The first-order valence-corrected chi connectivity index (χ1v) is 6.72. The predicted octanol–water partition coefficient (Wildman–Crippen LogP) is 1.71. The van der Waals surface area contributed by atoms with Gasteiger partial charge in [0.05, 0.1) is 19.8 Å². The molecule has 0 fully saturated rings. The van der Waals surface area contributed by atoms with Crippen LogP contribution in [0.1, 0.15) is 23.1 Å². The van der Waals surface area contributed by atoms with Crippen molar-refractivity contribution < 1.29 is 9.47 Å². The number of benzene rings is 1. The molecule has 0 heterocycles. The van der Waals surface area contributed by atoms with E-state index >= 15 is 0 Å². The van der Waals surface area contributed by atoms with Crippen molar-refractivity contribution in [2.75, 3.05) is 26.9 Å². The molecule has 0 spiro atoms. The van der Waals surface area contributed by atoms with Crippen molar-refractivity contribution in [2.45, 2.75) is 31.7 Å². The third kappa shape index (κ3) is 3.80. The standard InChI is InChI=1S/C15H23NO2/c1-17-7-8-18-11-15(16)10-12-5-6-13-3-2-4-14(13)9-12/h5-6,9,15H,2-4,7-8,10-11,16H2,1H3. The monoisotopic (exact) mass is 249 g/mol. The maximum Gasteiger partial charge on any atom is 0.0701 e. The summed E-state index contributed by atoms with van der Waals surface area (Å²) in [6, 6.07) is 6.86. The van der Waals surface area contributed by atoms with Crippen molar-refractivity contribution in [1.82, 2.24) is 0 Å². The van der Waals surface area contributed by atoms with E-state index in [4.69, 9.17) is 15.2 Å². The normalized spacial score (nSPS) is 15.7. The molecule has 0 amide bonds. The topological polar surface area (TPSA) is 44.5 Å². The second-order valence-electron chi connectivity index (χ2n) is 4.99. The summed E-state index contributed by atoms with van der Waals surface area (Å²) in [5.74, 6) is 0. The minimum atomic E-state index is 0.0707. The zero-order valence-electron chi connectivity index (χ0n) is 11.2. The molecule has 1 aliphatic carbocycles. The second-order valence-corrected chi connectivity index (χ2v) is 4.99. The minimum absolute atomic E-state index is 0.0707. The van der Waals surface area contributed by atoms with E-state index in [1.807, 2.05) is 0 Å². The lowest BCUT2D eigenvalue weighted by molar-refractivity contribution is 0.0637. The summed E-state index contributed by atoms with van der Waals surface area (Å²) in [5.41, 5.74) is 10.4. The van der Waals surface area contributed by atoms with Crippen LogP contribution in [0.3, 0.4) is 0 Å². The Labute approximate surface area is 109 Å². The Morgan fingerprint density at radius 2 is 2.06 bits per heavy atom. The van der Waals surface area contributed by atoms with E-state index < -0.39 is 0 Å². The number of ether oxygens (including phenoxy) is 2. The number of hydrogen-bond acceptors (Lipinski definition) is 3. The van der Waals surface area contributed by atoms with E-state index in [1.165, 1.54) is 36.0 Å². The molecule has 0 saturated heterocycles. The van der Waals surface area contributed by atoms with Crippen LogP contribution >= 0.6 is 0 Å². The average Bonchev–Trinajstić information content (AvgIpc) is 2.82. The number of fused-ring (bicyclic) bond motifs is 1. The van der Waals surface area contributed by atoms with E-state index in [1.54, 1.807) is 7.11 Å². The van der Waals surface area contributed by atoms with Crippen molar-refractivity contribution in [3.63, 3.8) is 0 Å². The Kier molecular flexibility index (Phi) is 5.17. The van der Waals surface area contributed by atoms with Gasteiger partial charge in [0.2, 0.25) is 0 Å². The molecular formula is C15H23NO2. The quantitative estimate of drug-likeness (QED) is 0.748. The van der Waals surface area contributed by atoms with Crippen LogP contribution in [-0.2, 0) is 28.7 Å². The second kappa shape index (κ2) is 6.88. The SMILES string of the molecule is COCCOCC(N)Cc1ccc2c(c1)CCC2. The molecule has 18 heavy (non-hydrogen) atoms.